The third-order valence-electron chi connectivity index (χ3n) is 9.87. The van der Waals surface area contributed by atoms with E-state index in [-0.39, 0.29) is 5.41 Å². The number of hydrogen-bond acceptors (Lipinski definition) is 0. The summed E-state index contributed by atoms with van der Waals surface area (Å²) in [5.74, 6) is 0.884. The van der Waals surface area contributed by atoms with Crippen molar-refractivity contribution in [2.24, 2.45) is 5.92 Å². The van der Waals surface area contributed by atoms with Gasteiger partial charge in [0.25, 0.3) is 0 Å². The molecule has 1 heterocycles. The number of aromatic nitrogens is 1. The van der Waals surface area contributed by atoms with Crippen LogP contribution in [0.2, 0.25) is 0 Å². The molecule has 1 N–H and O–H groups in total. The lowest BCUT2D eigenvalue weighted by atomic mass is 9.74. The van der Waals surface area contributed by atoms with Crippen molar-refractivity contribution in [2.45, 2.75) is 25.2 Å². The van der Waals surface area contributed by atoms with Crippen molar-refractivity contribution in [3.63, 3.8) is 0 Å². The van der Waals surface area contributed by atoms with Gasteiger partial charge in [-0.2, -0.15) is 0 Å². The number of fused-ring (bicyclic) bond motifs is 12. The standard InChI is InChI=1S/C39H29N/c1-39(2)35-14-8-7-13-30(35)32-21-34-33-20-24(16-18-37(33)40-38(34)22-36(32)39)23-15-17-29-27-11-4-3-9-25(27)26-10-5-6-12-28(26)31(29)19-23/h3-22,32,36,40H,1-2H3. The van der Waals surface area contributed by atoms with Crippen LogP contribution in [0.3, 0.4) is 0 Å². The summed E-state index contributed by atoms with van der Waals surface area (Å²) >= 11 is 0. The van der Waals surface area contributed by atoms with Gasteiger partial charge in [-0.15, -0.1) is 0 Å². The Balaban J connectivity index is 1.26. The van der Waals surface area contributed by atoms with E-state index in [2.05, 4.69) is 140 Å². The summed E-state index contributed by atoms with van der Waals surface area (Å²) in [7, 11) is 0. The quantitative estimate of drug-likeness (QED) is 0.213. The lowest BCUT2D eigenvalue weighted by Crippen LogP contribution is -2.34. The highest BCUT2D eigenvalue weighted by molar-refractivity contribution is 6.25. The number of nitrogens with one attached hydrogen (secondary N) is 1. The Morgan fingerprint density at radius 3 is 1.85 bits per heavy atom. The second-order valence-corrected chi connectivity index (χ2v) is 12.3. The zero-order chi connectivity index (χ0) is 26.6. The average Bonchev–Trinajstić information content (AvgIpc) is 3.47. The maximum atomic E-state index is 3.76. The molecular weight excluding hydrogens is 482 g/mol. The molecule has 1 aromatic heterocycles. The molecule has 7 aromatic rings. The molecule has 40 heavy (non-hydrogen) atoms. The predicted molar refractivity (Wildman–Crippen MR) is 170 cm³/mol. The van der Waals surface area contributed by atoms with E-state index in [9.17, 15) is 0 Å². The molecule has 0 amide bonds. The Kier molecular flexibility index (Phi) is 4.30. The van der Waals surface area contributed by atoms with E-state index in [1.54, 1.807) is 0 Å². The van der Waals surface area contributed by atoms with E-state index in [4.69, 9.17) is 0 Å². The van der Waals surface area contributed by atoms with Crippen LogP contribution in [0.15, 0.2) is 109 Å². The average molecular weight is 512 g/mol. The van der Waals surface area contributed by atoms with Gasteiger partial charge in [0, 0.05) is 27.4 Å². The minimum Gasteiger partial charge on any atom is -0.355 e. The fraction of sp³-hybridized carbons (Fsp3) is 0.128. The number of hydrogen-bond donors (Lipinski definition) is 1. The first-order valence-electron chi connectivity index (χ1n) is 14.4. The molecule has 0 spiro atoms. The topological polar surface area (TPSA) is 15.8 Å². The minimum absolute atomic E-state index is 0.121. The molecular formula is C39H29N. The van der Waals surface area contributed by atoms with Crippen LogP contribution >= 0.6 is 0 Å². The van der Waals surface area contributed by atoms with Crippen molar-refractivity contribution in [3.8, 4) is 11.1 Å². The van der Waals surface area contributed by atoms with Gasteiger partial charge in [-0.1, -0.05) is 117 Å². The van der Waals surface area contributed by atoms with Crippen LogP contribution in [0.4, 0.5) is 0 Å². The summed E-state index contributed by atoms with van der Waals surface area (Å²) in [6, 6.07) is 40.6. The smallest absolute Gasteiger partial charge is 0.0465 e. The van der Waals surface area contributed by atoms with E-state index in [1.807, 2.05) is 0 Å². The van der Waals surface area contributed by atoms with Crippen molar-refractivity contribution >= 4 is 55.4 Å². The molecule has 2 aliphatic rings. The molecule has 6 aromatic carbocycles. The summed E-state index contributed by atoms with van der Waals surface area (Å²) in [4.78, 5) is 3.76. The number of benzene rings is 6. The second-order valence-electron chi connectivity index (χ2n) is 12.3. The third-order valence-corrected chi connectivity index (χ3v) is 9.87. The maximum absolute atomic E-state index is 3.76. The molecule has 0 saturated carbocycles. The van der Waals surface area contributed by atoms with Gasteiger partial charge in [-0.05, 0) is 84.1 Å². The maximum Gasteiger partial charge on any atom is 0.0465 e. The molecule has 0 radical (unpaired) electrons. The number of H-pyrrole nitrogens is 1. The van der Waals surface area contributed by atoms with Gasteiger partial charge >= 0.3 is 0 Å². The van der Waals surface area contributed by atoms with Crippen LogP contribution in [0.5, 0.6) is 0 Å². The Morgan fingerprint density at radius 2 is 1.12 bits per heavy atom. The first-order chi connectivity index (χ1) is 19.6. The predicted octanol–water partition coefficient (Wildman–Crippen LogP) is 8.56. The molecule has 9 rings (SSSR count). The van der Waals surface area contributed by atoms with Gasteiger partial charge in [0.2, 0.25) is 0 Å². The van der Waals surface area contributed by atoms with Crippen molar-refractivity contribution < 1.29 is 0 Å². The highest BCUT2D eigenvalue weighted by atomic mass is 14.7. The van der Waals surface area contributed by atoms with E-state index in [1.165, 1.54) is 76.0 Å². The number of rotatable bonds is 1. The van der Waals surface area contributed by atoms with E-state index in [0.29, 0.717) is 11.8 Å². The molecule has 0 saturated heterocycles. The Hall–Kier alpha value is -4.62. The van der Waals surface area contributed by atoms with E-state index >= 15 is 0 Å². The van der Waals surface area contributed by atoms with E-state index < -0.39 is 0 Å². The Morgan fingerprint density at radius 1 is 0.550 bits per heavy atom. The molecule has 0 aliphatic heterocycles. The molecule has 2 atom stereocenters. The Bertz CT molecular complexity index is 2280. The SMILES string of the molecule is CC1(C)c2ccccc2C2C=c3c([nH]c4ccc(-c5ccc6c7ccccc7c7ccccc7c6c5)cc34)=CC21. The van der Waals surface area contributed by atoms with Crippen molar-refractivity contribution in [3.05, 3.63) is 131 Å². The van der Waals surface area contributed by atoms with Gasteiger partial charge < -0.3 is 4.98 Å². The van der Waals surface area contributed by atoms with Crippen LogP contribution in [0.25, 0.3) is 66.5 Å². The van der Waals surface area contributed by atoms with Gasteiger partial charge in [0.15, 0.2) is 0 Å². The van der Waals surface area contributed by atoms with Gasteiger partial charge in [0.1, 0.15) is 0 Å². The fourth-order valence-corrected chi connectivity index (χ4v) is 7.87. The molecule has 1 nitrogen and oxygen atoms in total. The normalized spacial score (nSPS) is 18.9. The molecule has 0 bridgehead atoms. The van der Waals surface area contributed by atoms with Crippen LogP contribution in [0, 0.1) is 5.92 Å². The summed E-state index contributed by atoms with van der Waals surface area (Å²) in [5.41, 5.74) is 6.83. The highest BCUT2D eigenvalue weighted by Gasteiger charge is 2.44. The lowest BCUT2D eigenvalue weighted by molar-refractivity contribution is 0.421. The molecule has 1 heteroatoms. The monoisotopic (exact) mass is 511 g/mol. The van der Waals surface area contributed by atoms with Crippen molar-refractivity contribution in [1.82, 2.24) is 4.98 Å². The first-order valence-corrected chi connectivity index (χ1v) is 14.4. The van der Waals surface area contributed by atoms with Crippen LogP contribution in [-0.2, 0) is 5.41 Å². The number of aromatic amines is 1. The molecule has 190 valence electrons. The molecule has 2 unspecified atom stereocenters. The van der Waals surface area contributed by atoms with Crippen molar-refractivity contribution in [1.29, 1.82) is 0 Å². The highest BCUT2D eigenvalue weighted by Crippen LogP contribution is 2.52. The fourth-order valence-electron chi connectivity index (χ4n) is 7.87. The van der Waals surface area contributed by atoms with Gasteiger partial charge in [-0.3, -0.25) is 0 Å². The third kappa shape index (κ3) is 2.87. The summed E-state index contributed by atoms with van der Waals surface area (Å²) < 4.78 is 0. The Labute approximate surface area is 233 Å². The summed E-state index contributed by atoms with van der Waals surface area (Å²) in [6.07, 6.45) is 5.04. The lowest BCUT2D eigenvalue weighted by Gasteiger charge is -2.29. The summed E-state index contributed by atoms with van der Waals surface area (Å²) in [6.45, 7) is 4.80. The molecule has 2 aliphatic carbocycles. The van der Waals surface area contributed by atoms with Crippen LogP contribution < -0.4 is 10.6 Å². The van der Waals surface area contributed by atoms with Gasteiger partial charge in [0.05, 0.1) is 0 Å². The van der Waals surface area contributed by atoms with Crippen LogP contribution in [0.1, 0.15) is 30.9 Å². The zero-order valence-electron chi connectivity index (χ0n) is 22.7. The van der Waals surface area contributed by atoms with Crippen molar-refractivity contribution in [2.75, 3.05) is 0 Å². The zero-order valence-corrected chi connectivity index (χ0v) is 22.7. The van der Waals surface area contributed by atoms with E-state index in [0.717, 1.165) is 0 Å². The molecule has 0 fully saturated rings. The van der Waals surface area contributed by atoms with Crippen LogP contribution in [-0.4, -0.2) is 4.98 Å². The largest absolute Gasteiger partial charge is 0.355 e. The minimum atomic E-state index is 0.121. The first kappa shape index (κ1) is 22.2. The second kappa shape index (κ2) is 7.73. The van der Waals surface area contributed by atoms with Gasteiger partial charge in [-0.25, -0.2) is 0 Å². The summed E-state index contributed by atoms with van der Waals surface area (Å²) in [5, 5.41) is 11.8.